The summed E-state index contributed by atoms with van der Waals surface area (Å²) in [5, 5.41) is 10.2. The van der Waals surface area contributed by atoms with Gasteiger partial charge in [0.15, 0.2) is 0 Å². The van der Waals surface area contributed by atoms with Crippen LogP contribution in [-0.4, -0.2) is 11.2 Å². The summed E-state index contributed by atoms with van der Waals surface area (Å²) in [4.78, 5) is 0. The zero-order valence-corrected chi connectivity index (χ0v) is 18.7. The SMILES string of the molecule is CCCCC[C@@H](C)C1CCC2C3CCC4CC(O)CCC4(C)C3CCC21C. The Labute approximate surface area is 169 Å². The summed E-state index contributed by atoms with van der Waals surface area (Å²) in [5.74, 6) is 5.67. The number of hydrogen-bond donors (Lipinski definition) is 1. The third-order valence-electron chi connectivity index (χ3n) is 10.7. The molecule has 4 rings (SSSR count). The summed E-state index contributed by atoms with van der Waals surface area (Å²) in [5.41, 5.74) is 1.17. The molecule has 0 aliphatic heterocycles. The van der Waals surface area contributed by atoms with E-state index in [0.717, 1.165) is 48.3 Å². The van der Waals surface area contributed by atoms with E-state index < -0.39 is 0 Å². The Kier molecular flexibility index (Phi) is 5.74. The van der Waals surface area contributed by atoms with Crippen molar-refractivity contribution in [3.8, 4) is 0 Å². The van der Waals surface area contributed by atoms with Crippen molar-refractivity contribution in [2.45, 2.75) is 117 Å². The van der Waals surface area contributed by atoms with Gasteiger partial charge in [-0.05, 0) is 104 Å². The van der Waals surface area contributed by atoms with Crippen LogP contribution in [-0.2, 0) is 0 Å². The van der Waals surface area contributed by atoms with Crippen LogP contribution in [0.5, 0.6) is 0 Å². The quantitative estimate of drug-likeness (QED) is 0.503. The number of aliphatic hydroxyl groups excluding tert-OH is 1. The molecule has 8 unspecified atom stereocenters. The van der Waals surface area contributed by atoms with E-state index in [2.05, 4.69) is 27.7 Å². The molecule has 0 heterocycles. The minimum Gasteiger partial charge on any atom is -0.393 e. The molecular formula is C26H46O. The summed E-state index contributed by atoms with van der Waals surface area (Å²) in [6, 6.07) is 0. The van der Waals surface area contributed by atoms with E-state index in [4.69, 9.17) is 0 Å². The molecular weight excluding hydrogens is 328 g/mol. The first-order chi connectivity index (χ1) is 12.9. The Morgan fingerprint density at radius 2 is 1.63 bits per heavy atom. The Balaban J connectivity index is 1.49. The first-order valence-electron chi connectivity index (χ1n) is 12.6. The molecule has 4 saturated carbocycles. The van der Waals surface area contributed by atoms with Gasteiger partial charge in [0.05, 0.1) is 6.10 Å². The zero-order valence-electron chi connectivity index (χ0n) is 18.7. The average Bonchev–Trinajstić information content (AvgIpc) is 3.00. The predicted octanol–water partition coefficient (Wildman–Crippen LogP) is 7.22. The Morgan fingerprint density at radius 3 is 2.41 bits per heavy atom. The van der Waals surface area contributed by atoms with Crippen molar-refractivity contribution in [3.05, 3.63) is 0 Å². The predicted molar refractivity (Wildman–Crippen MR) is 115 cm³/mol. The number of unbranched alkanes of at least 4 members (excludes halogenated alkanes) is 2. The molecule has 0 aromatic rings. The molecule has 1 nitrogen and oxygen atoms in total. The fraction of sp³-hybridized carbons (Fsp3) is 1.00. The van der Waals surface area contributed by atoms with Gasteiger partial charge in [-0.15, -0.1) is 0 Å². The number of rotatable bonds is 5. The van der Waals surface area contributed by atoms with E-state index in [-0.39, 0.29) is 6.10 Å². The van der Waals surface area contributed by atoms with Gasteiger partial charge in [0.2, 0.25) is 0 Å². The zero-order chi connectivity index (χ0) is 19.2. The van der Waals surface area contributed by atoms with Crippen molar-refractivity contribution in [2.75, 3.05) is 0 Å². The van der Waals surface area contributed by atoms with Crippen LogP contribution in [0, 0.1) is 46.3 Å². The summed E-state index contributed by atoms with van der Waals surface area (Å²) < 4.78 is 0. The Morgan fingerprint density at radius 1 is 0.889 bits per heavy atom. The smallest absolute Gasteiger partial charge is 0.0543 e. The molecule has 4 aliphatic rings. The third kappa shape index (κ3) is 3.32. The largest absolute Gasteiger partial charge is 0.393 e. The highest BCUT2D eigenvalue weighted by Gasteiger charge is 2.60. The van der Waals surface area contributed by atoms with Gasteiger partial charge in [-0.1, -0.05) is 53.4 Å². The van der Waals surface area contributed by atoms with E-state index in [9.17, 15) is 5.11 Å². The molecule has 0 aromatic carbocycles. The first-order valence-corrected chi connectivity index (χ1v) is 12.6. The highest BCUT2D eigenvalue weighted by Crippen LogP contribution is 2.68. The van der Waals surface area contributed by atoms with Gasteiger partial charge in [-0.2, -0.15) is 0 Å². The molecule has 0 bridgehead atoms. The summed E-state index contributed by atoms with van der Waals surface area (Å²) >= 11 is 0. The van der Waals surface area contributed by atoms with Gasteiger partial charge in [-0.25, -0.2) is 0 Å². The maximum Gasteiger partial charge on any atom is 0.0543 e. The molecule has 0 spiro atoms. The third-order valence-corrected chi connectivity index (χ3v) is 10.7. The van der Waals surface area contributed by atoms with Crippen LogP contribution >= 0.6 is 0 Å². The average molecular weight is 375 g/mol. The summed E-state index contributed by atoms with van der Waals surface area (Å²) in [6.07, 6.45) is 18.0. The Bertz CT molecular complexity index is 514. The first kappa shape index (κ1) is 20.2. The van der Waals surface area contributed by atoms with Gasteiger partial charge in [0, 0.05) is 0 Å². The van der Waals surface area contributed by atoms with Gasteiger partial charge in [0.1, 0.15) is 0 Å². The number of aliphatic hydroxyl groups is 1. The fourth-order valence-electron chi connectivity index (χ4n) is 9.13. The molecule has 9 atom stereocenters. The normalized spacial score (nSPS) is 50.6. The van der Waals surface area contributed by atoms with Crippen LogP contribution in [0.25, 0.3) is 0 Å². The number of hydrogen-bond acceptors (Lipinski definition) is 1. The van der Waals surface area contributed by atoms with Crippen LogP contribution in [0.3, 0.4) is 0 Å². The molecule has 1 N–H and O–H groups in total. The standard InChI is InChI=1S/C26H46O/c1-5-6-7-8-18(2)22-11-12-23-21-10-9-19-17-20(27)13-15-25(19,3)24(21)14-16-26(22,23)4/h18-24,27H,5-17H2,1-4H3/t18-,19?,20?,21?,22?,23?,24?,25?,26?/m1/s1. The van der Waals surface area contributed by atoms with Gasteiger partial charge >= 0.3 is 0 Å². The summed E-state index contributed by atoms with van der Waals surface area (Å²) in [7, 11) is 0. The highest BCUT2D eigenvalue weighted by molar-refractivity contribution is 5.09. The fourth-order valence-corrected chi connectivity index (χ4v) is 9.13. The molecule has 4 fully saturated rings. The molecule has 4 aliphatic carbocycles. The van der Waals surface area contributed by atoms with Crippen molar-refractivity contribution in [1.29, 1.82) is 0 Å². The second-order valence-corrected chi connectivity index (χ2v) is 11.8. The van der Waals surface area contributed by atoms with Crippen molar-refractivity contribution >= 4 is 0 Å². The van der Waals surface area contributed by atoms with Crippen LogP contribution < -0.4 is 0 Å². The van der Waals surface area contributed by atoms with E-state index >= 15 is 0 Å². The minimum atomic E-state index is -0.00619. The van der Waals surface area contributed by atoms with E-state index in [0.29, 0.717) is 10.8 Å². The Hall–Kier alpha value is -0.0400. The second kappa shape index (κ2) is 7.66. The van der Waals surface area contributed by atoms with Crippen LogP contribution in [0.1, 0.15) is 111 Å². The second-order valence-electron chi connectivity index (χ2n) is 11.8. The molecule has 0 saturated heterocycles. The molecule has 0 aromatic heterocycles. The van der Waals surface area contributed by atoms with Crippen molar-refractivity contribution in [1.82, 2.24) is 0 Å². The lowest BCUT2D eigenvalue weighted by atomic mass is 9.44. The maximum atomic E-state index is 10.2. The molecule has 0 radical (unpaired) electrons. The molecule has 1 heteroatoms. The molecule has 27 heavy (non-hydrogen) atoms. The van der Waals surface area contributed by atoms with E-state index in [1.165, 1.54) is 70.6 Å². The van der Waals surface area contributed by atoms with Crippen LogP contribution in [0.2, 0.25) is 0 Å². The molecule has 0 amide bonds. The van der Waals surface area contributed by atoms with Crippen LogP contribution in [0.4, 0.5) is 0 Å². The minimum absolute atomic E-state index is 0.00619. The lowest BCUT2D eigenvalue weighted by molar-refractivity contribution is -0.129. The summed E-state index contributed by atoms with van der Waals surface area (Å²) in [6.45, 7) is 10.3. The lowest BCUT2D eigenvalue weighted by Crippen LogP contribution is -2.54. The van der Waals surface area contributed by atoms with Gasteiger partial charge in [-0.3, -0.25) is 0 Å². The lowest BCUT2D eigenvalue weighted by Gasteiger charge is -2.61. The van der Waals surface area contributed by atoms with Crippen molar-refractivity contribution in [3.63, 3.8) is 0 Å². The van der Waals surface area contributed by atoms with Gasteiger partial charge in [0.25, 0.3) is 0 Å². The van der Waals surface area contributed by atoms with E-state index in [1.54, 1.807) is 0 Å². The van der Waals surface area contributed by atoms with E-state index in [1.807, 2.05) is 0 Å². The highest BCUT2D eigenvalue weighted by atomic mass is 16.3. The topological polar surface area (TPSA) is 20.2 Å². The maximum absolute atomic E-state index is 10.2. The monoisotopic (exact) mass is 374 g/mol. The van der Waals surface area contributed by atoms with Crippen molar-refractivity contribution < 1.29 is 5.11 Å². The van der Waals surface area contributed by atoms with Crippen molar-refractivity contribution in [2.24, 2.45) is 46.3 Å². The molecule has 156 valence electrons. The van der Waals surface area contributed by atoms with Gasteiger partial charge < -0.3 is 5.11 Å². The number of fused-ring (bicyclic) bond motifs is 5. The van der Waals surface area contributed by atoms with Crippen LogP contribution in [0.15, 0.2) is 0 Å².